The monoisotopic (exact) mass is 528 g/mol. The first-order valence-electron chi connectivity index (χ1n) is 16.5. The van der Waals surface area contributed by atoms with E-state index in [9.17, 15) is 9.90 Å². The summed E-state index contributed by atoms with van der Waals surface area (Å²) in [6.45, 7) is 4.50. The molecule has 0 fully saturated rings. The Labute approximate surface area is 238 Å². The van der Waals surface area contributed by atoms with E-state index in [0.717, 1.165) is 44.9 Å². The summed E-state index contributed by atoms with van der Waals surface area (Å²) in [7, 11) is 0. The molecular formula is C36H64O2. The molecule has 0 saturated carbocycles. The van der Waals surface area contributed by atoms with Gasteiger partial charge in [0.1, 0.15) is 0 Å². The van der Waals surface area contributed by atoms with Crippen LogP contribution in [0, 0.1) is 5.92 Å². The van der Waals surface area contributed by atoms with Crippen LogP contribution in [0.15, 0.2) is 48.6 Å². The van der Waals surface area contributed by atoms with E-state index in [-0.39, 0.29) is 5.92 Å². The zero-order valence-electron chi connectivity index (χ0n) is 25.5. The van der Waals surface area contributed by atoms with Gasteiger partial charge in [-0.05, 0) is 77.0 Å². The fourth-order valence-electron chi connectivity index (χ4n) is 4.80. The summed E-state index contributed by atoms with van der Waals surface area (Å²) in [5, 5.41) is 9.58. The minimum absolute atomic E-state index is 0.134. The van der Waals surface area contributed by atoms with Gasteiger partial charge in [0.05, 0.1) is 5.92 Å². The van der Waals surface area contributed by atoms with Crippen LogP contribution in [0.2, 0.25) is 0 Å². The minimum Gasteiger partial charge on any atom is -0.481 e. The zero-order valence-corrected chi connectivity index (χ0v) is 25.5. The summed E-state index contributed by atoms with van der Waals surface area (Å²) < 4.78 is 0. The van der Waals surface area contributed by atoms with Crippen molar-refractivity contribution < 1.29 is 9.90 Å². The molecule has 2 nitrogen and oxygen atoms in total. The van der Waals surface area contributed by atoms with Gasteiger partial charge >= 0.3 is 5.97 Å². The van der Waals surface area contributed by atoms with Crippen molar-refractivity contribution in [3.63, 3.8) is 0 Å². The van der Waals surface area contributed by atoms with Crippen molar-refractivity contribution >= 4 is 5.97 Å². The van der Waals surface area contributed by atoms with Gasteiger partial charge in [0, 0.05) is 0 Å². The van der Waals surface area contributed by atoms with Gasteiger partial charge in [0.15, 0.2) is 0 Å². The van der Waals surface area contributed by atoms with Crippen LogP contribution >= 0.6 is 0 Å². The van der Waals surface area contributed by atoms with Gasteiger partial charge in [-0.1, -0.05) is 140 Å². The minimum atomic E-state index is -0.585. The van der Waals surface area contributed by atoms with Crippen LogP contribution in [0.4, 0.5) is 0 Å². The maximum absolute atomic E-state index is 11.6. The number of aliphatic carboxylic acids is 1. The lowest BCUT2D eigenvalue weighted by atomic mass is 9.94. The number of carbonyl (C=O) groups is 1. The summed E-state index contributed by atoms with van der Waals surface area (Å²) in [4.78, 5) is 11.6. The first-order valence-corrected chi connectivity index (χ1v) is 16.5. The molecule has 0 heterocycles. The maximum atomic E-state index is 11.6. The van der Waals surface area contributed by atoms with Gasteiger partial charge in [0.25, 0.3) is 0 Å². The highest BCUT2D eigenvalue weighted by atomic mass is 16.4. The Morgan fingerprint density at radius 2 is 0.789 bits per heavy atom. The standard InChI is InChI=1S/C36H64O2/c1-3-5-7-9-11-13-15-17-19-20-22-24-26-28-30-32-34-35(36(37)38)33-31-29-27-25-23-21-18-16-14-12-10-8-6-4-2/h11-14,17-19,21,35H,3-10,15-16,20,22-34H2,1-2H3,(H,37,38). The van der Waals surface area contributed by atoms with Crippen molar-refractivity contribution in [1.82, 2.24) is 0 Å². The largest absolute Gasteiger partial charge is 0.481 e. The predicted octanol–water partition coefficient (Wildman–Crippen LogP) is 12.3. The van der Waals surface area contributed by atoms with Crippen molar-refractivity contribution in [2.24, 2.45) is 5.92 Å². The fourth-order valence-corrected chi connectivity index (χ4v) is 4.80. The van der Waals surface area contributed by atoms with Crippen LogP contribution in [0.1, 0.15) is 168 Å². The number of unbranched alkanes of at least 4 members (excludes halogenated alkanes) is 16. The summed E-state index contributed by atoms with van der Waals surface area (Å²) in [6.07, 6.45) is 47.0. The highest BCUT2D eigenvalue weighted by molar-refractivity contribution is 5.69. The van der Waals surface area contributed by atoms with Crippen molar-refractivity contribution in [3.8, 4) is 0 Å². The van der Waals surface area contributed by atoms with Crippen molar-refractivity contribution in [2.45, 2.75) is 168 Å². The number of hydrogen-bond acceptors (Lipinski definition) is 1. The van der Waals surface area contributed by atoms with Crippen LogP contribution in [-0.2, 0) is 4.79 Å². The van der Waals surface area contributed by atoms with E-state index in [1.165, 1.54) is 109 Å². The van der Waals surface area contributed by atoms with Crippen LogP contribution < -0.4 is 0 Å². The van der Waals surface area contributed by atoms with Crippen molar-refractivity contribution in [1.29, 1.82) is 0 Å². The molecule has 0 bridgehead atoms. The lowest BCUT2D eigenvalue weighted by Gasteiger charge is -2.12. The van der Waals surface area contributed by atoms with E-state index in [0.29, 0.717) is 0 Å². The van der Waals surface area contributed by atoms with Gasteiger partial charge in [-0.3, -0.25) is 4.79 Å². The zero-order chi connectivity index (χ0) is 27.8. The molecule has 1 atom stereocenters. The molecule has 0 aromatic carbocycles. The summed E-state index contributed by atoms with van der Waals surface area (Å²) in [5.74, 6) is -0.719. The lowest BCUT2D eigenvalue weighted by molar-refractivity contribution is -0.142. The van der Waals surface area contributed by atoms with Gasteiger partial charge < -0.3 is 5.11 Å². The Bertz CT molecular complexity index is 598. The molecule has 38 heavy (non-hydrogen) atoms. The second kappa shape index (κ2) is 31.6. The van der Waals surface area contributed by atoms with Gasteiger partial charge in [-0.25, -0.2) is 0 Å². The molecule has 2 heteroatoms. The van der Waals surface area contributed by atoms with E-state index in [2.05, 4.69) is 62.5 Å². The Kier molecular flexibility index (Phi) is 30.3. The molecule has 220 valence electrons. The molecular weight excluding hydrogens is 464 g/mol. The van der Waals surface area contributed by atoms with E-state index in [4.69, 9.17) is 0 Å². The van der Waals surface area contributed by atoms with Crippen LogP contribution in [0.25, 0.3) is 0 Å². The van der Waals surface area contributed by atoms with Crippen LogP contribution in [0.5, 0.6) is 0 Å². The second-order valence-electron chi connectivity index (χ2n) is 11.1. The fraction of sp³-hybridized carbons (Fsp3) is 0.750. The molecule has 1 N–H and O–H groups in total. The molecule has 0 saturated heterocycles. The molecule has 0 aliphatic rings. The Morgan fingerprint density at radius 3 is 1.13 bits per heavy atom. The Hall–Kier alpha value is -1.57. The van der Waals surface area contributed by atoms with Crippen LogP contribution in [0.3, 0.4) is 0 Å². The molecule has 1 unspecified atom stereocenters. The number of carboxylic acid groups (broad SMARTS) is 1. The third-order valence-electron chi connectivity index (χ3n) is 7.36. The highest BCUT2D eigenvalue weighted by Crippen LogP contribution is 2.19. The van der Waals surface area contributed by atoms with E-state index in [1.807, 2.05) is 0 Å². The Morgan fingerprint density at radius 1 is 0.474 bits per heavy atom. The molecule has 0 aliphatic carbocycles. The van der Waals surface area contributed by atoms with Gasteiger partial charge in [-0.2, -0.15) is 0 Å². The quantitative estimate of drug-likeness (QED) is 0.0774. The molecule has 0 aromatic heterocycles. The van der Waals surface area contributed by atoms with Gasteiger partial charge in [-0.15, -0.1) is 0 Å². The van der Waals surface area contributed by atoms with E-state index < -0.39 is 5.97 Å². The van der Waals surface area contributed by atoms with Crippen molar-refractivity contribution in [3.05, 3.63) is 48.6 Å². The predicted molar refractivity (Wildman–Crippen MR) is 170 cm³/mol. The molecule has 0 aliphatic heterocycles. The normalized spacial score (nSPS) is 13.1. The molecule has 0 rings (SSSR count). The first kappa shape index (κ1) is 36.4. The number of carboxylic acids is 1. The molecule has 0 spiro atoms. The Balaban J connectivity index is 3.56. The van der Waals surface area contributed by atoms with Gasteiger partial charge in [0.2, 0.25) is 0 Å². The molecule has 0 aromatic rings. The third-order valence-corrected chi connectivity index (χ3v) is 7.36. The first-order chi connectivity index (χ1) is 18.7. The average molecular weight is 529 g/mol. The lowest BCUT2D eigenvalue weighted by Crippen LogP contribution is -2.13. The third kappa shape index (κ3) is 29.0. The average Bonchev–Trinajstić information content (AvgIpc) is 2.91. The summed E-state index contributed by atoms with van der Waals surface area (Å²) in [6, 6.07) is 0. The number of hydrogen-bond donors (Lipinski definition) is 1. The summed E-state index contributed by atoms with van der Waals surface area (Å²) in [5.41, 5.74) is 0. The van der Waals surface area contributed by atoms with Crippen LogP contribution in [-0.4, -0.2) is 11.1 Å². The van der Waals surface area contributed by atoms with E-state index in [1.54, 1.807) is 0 Å². The van der Waals surface area contributed by atoms with Crippen molar-refractivity contribution in [2.75, 3.05) is 0 Å². The molecule has 0 amide bonds. The van der Waals surface area contributed by atoms with E-state index >= 15 is 0 Å². The number of rotatable bonds is 29. The number of allylic oxidation sites excluding steroid dienone is 8. The highest BCUT2D eigenvalue weighted by Gasteiger charge is 2.16. The smallest absolute Gasteiger partial charge is 0.306 e. The maximum Gasteiger partial charge on any atom is 0.306 e. The second-order valence-corrected chi connectivity index (χ2v) is 11.1. The SMILES string of the molecule is CCCCCC=CCC=CCCCCCCCCC(CCCCCCC=CCC=CCCCCC)C(=O)O. The topological polar surface area (TPSA) is 37.3 Å². The molecule has 0 radical (unpaired) electrons. The summed E-state index contributed by atoms with van der Waals surface area (Å²) >= 11 is 0.